The SMILES string of the molecule is C=CCC[C@H](C)NC[C@@H]1CCCN(C)C1. The van der Waals surface area contributed by atoms with E-state index in [-0.39, 0.29) is 0 Å². The number of piperidine rings is 1. The third-order valence-electron chi connectivity index (χ3n) is 3.28. The van der Waals surface area contributed by atoms with E-state index in [1.165, 1.54) is 38.9 Å². The van der Waals surface area contributed by atoms with Crippen LogP contribution in [0.2, 0.25) is 0 Å². The van der Waals surface area contributed by atoms with E-state index in [9.17, 15) is 0 Å². The molecule has 0 bridgehead atoms. The number of nitrogens with one attached hydrogen (secondary N) is 1. The first-order valence-corrected chi connectivity index (χ1v) is 6.25. The van der Waals surface area contributed by atoms with Gasteiger partial charge in [-0.2, -0.15) is 0 Å². The van der Waals surface area contributed by atoms with Crippen molar-refractivity contribution in [3.05, 3.63) is 12.7 Å². The third-order valence-corrected chi connectivity index (χ3v) is 3.28. The Labute approximate surface area is 94.7 Å². The van der Waals surface area contributed by atoms with Gasteiger partial charge >= 0.3 is 0 Å². The fourth-order valence-electron chi connectivity index (χ4n) is 2.28. The Morgan fingerprint density at radius 1 is 1.60 bits per heavy atom. The predicted molar refractivity (Wildman–Crippen MR) is 67.1 cm³/mol. The zero-order chi connectivity index (χ0) is 11.1. The molecule has 15 heavy (non-hydrogen) atoms. The number of rotatable bonds is 6. The summed E-state index contributed by atoms with van der Waals surface area (Å²) in [6, 6.07) is 0.634. The van der Waals surface area contributed by atoms with E-state index in [4.69, 9.17) is 0 Å². The second-order valence-corrected chi connectivity index (χ2v) is 4.95. The topological polar surface area (TPSA) is 15.3 Å². The Morgan fingerprint density at radius 3 is 3.07 bits per heavy atom. The van der Waals surface area contributed by atoms with Gasteiger partial charge in [0.2, 0.25) is 0 Å². The van der Waals surface area contributed by atoms with Gasteiger partial charge in [0.25, 0.3) is 0 Å². The van der Waals surface area contributed by atoms with E-state index in [0.717, 1.165) is 12.3 Å². The minimum Gasteiger partial charge on any atom is -0.314 e. The van der Waals surface area contributed by atoms with Crippen molar-refractivity contribution in [1.29, 1.82) is 0 Å². The average molecular weight is 210 g/mol. The second kappa shape index (κ2) is 7.02. The molecule has 1 N–H and O–H groups in total. The Balaban J connectivity index is 2.10. The van der Waals surface area contributed by atoms with Crippen molar-refractivity contribution >= 4 is 0 Å². The lowest BCUT2D eigenvalue weighted by molar-refractivity contribution is 0.203. The maximum Gasteiger partial charge on any atom is 0.00417 e. The standard InChI is InChI=1S/C13H26N2/c1-4-5-7-12(2)14-10-13-8-6-9-15(3)11-13/h4,12-14H,1,5-11H2,2-3H3/t12-,13-/m0/s1. The van der Waals surface area contributed by atoms with Crippen LogP contribution in [0.15, 0.2) is 12.7 Å². The number of hydrogen-bond acceptors (Lipinski definition) is 2. The smallest absolute Gasteiger partial charge is 0.00417 e. The van der Waals surface area contributed by atoms with Gasteiger partial charge in [0.15, 0.2) is 0 Å². The van der Waals surface area contributed by atoms with Crippen LogP contribution in [0.4, 0.5) is 0 Å². The number of likely N-dealkylation sites (tertiary alicyclic amines) is 1. The molecule has 2 heteroatoms. The molecule has 0 spiro atoms. The van der Waals surface area contributed by atoms with Crippen LogP contribution in [-0.4, -0.2) is 37.6 Å². The maximum atomic E-state index is 3.76. The van der Waals surface area contributed by atoms with E-state index in [2.05, 4.69) is 30.8 Å². The first kappa shape index (κ1) is 12.7. The van der Waals surface area contributed by atoms with Gasteiger partial charge in [0.05, 0.1) is 0 Å². The highest BCUT2D eigenvalue weighted by Gasteiger charge is 2.17. The van der Waals surface area contributed by atoms with Crippen molar-refractivity contribution < 1.29 is 0 Å². The molecule has 1 fully saturated rings. The van der Waals surface area contributed by atoms with E-state index in [1.54, 1.807) is 0 Å². The van der Waals surface area contributed by atoms with Crippen LogP contribution in [0, 0.1) is 5.92 Å². The van der Waals surface area contributed by atoms with Gasteiger partial charge in [-0.15, -0.1) is 6.58 Å². The van der Waals surface area contributed by atoms with Crippen molar-refractivity contribution in [3.63, 3.8) is 0 Å². The Bertz CT molecular complexity index is 179. The average Bonchev–Trinajstić information content (AvgIpc) is 2.23. The van der Waals surface area contributed by atoms with Crippen LogP contribution in [0.1, 0.15) is 32.6 Å². The molecule has 1 aliphatic heterocycles. The molecule has 1 aliphatic rings. The Kier molecular flexibility index (Phi) is 5.96. The van der Waals surface area contributed by atoms with Gasteiger partial charge in [-0.1, -0.05) is 6.08 Å². The Morgan fingerprint density at radius 2 is 2.40 bits per heavy atom. The molecule has 0 radical (unpaired) electrons. The maximum absolute atomic E-state index is 3.76. The highest BCUT2D eigenvalue weighted by Crippen LogP contribution is 2.14. The van der Waals surface area contributed by atoms with Crippen molar-refractivity contribution in [3.8, 4) is 0 Å². The molecule has 1 saturated heterocycles. The number of hydrogen-bond donors (Lipinski definition) is 1. The molecular formula is C13H26N2. The van der Waals surface area contributed by atoms with E-state index in [0.29, 0.717) is 6.04 Å². The van der Waals surface area contributed by atoms with Crippen LogP contribution in [-0.2, 0) is 0 Å². The normalized spacial score (nSPS) is 25.1. The molecule has 0 aromatic carbocycles. The highest BCUT2D eigenvalue weighted by molar-refractivity contribution is 4.75. The first-order valence-electron chi connectivity index (χ1n) is 6.25. The minimum absolute atomic E-state index is 0.634. The molecule has 1 heterocycles. The van der Waals surface area contributed by atoms with Gasteiger partial charge in [-0.05, 0) is 58.7 Å². The minimum atomic E-state index is 0.634. The van der Waals surface area contributed by atoms with Crippen molar-refractivity contribution in [2.24, 2.45) is 5.92 Å². The molecule has 0 saturated carbocycles. The fourth-order valence-corrected chi connectivity index (χ4v) is 2.28. The molecule has 0 unspecified atom stereocenters. The van der Waals surface area contributed by atoms with Gasteiger partial charge in [0, 0.05) is 12.6 Å². The molecule has 2 nitrogen and oxygen atoms in total. The second-order valence-electron chi connectivity index (χ2n) is 4.95. The lowest BCUT2D eigenvalue weighted by Crippen LogP contribution is -2.39. The summed E-state index contributed by atoms with van der Waals surface area (Å²) in [6.45, 7) is 9.76. The van der Waals surface area contributed by atoms with E-state index < -0.39 is 0 Å². The van der Waals surface area contributed by atoms with Gasteiger partial charge in [0.1, 0.15) is 0 Å². The largest absolute Gasteiger partial charge is 0.314 e. The van der Waals surface area contributed by atoms with Gasteiger partial charge in [-0.25, -0.2) is 0 Å². The predicted octanol–water partition coefficient (Wildman–Crippen LogP) is 2.27. The summed E-state index contributed by atoms with van der Waals surface area (Å²) >= 11 is 0. The molecule has 0 amide bonds. The monoisotopic (exact) mass is 210 g/mol. The molecule has 0 aliphatic carbocycles. The number of allylic oxidation sites excluding steroid dienone is 1. The Hall–Kier alpha value is -0.340. The quantitative estimate of drug-likeness (QED) is 0.677. The molecule has 0 aromatic rings. The van der Waals surface area contributed by atoms with Crippen molar-refractivity contribution in [2.45, 2.75) is 38.6 Å². The summed E-state index contributed by atoms with van der Waals surface area (Å²) in [5.74, 6) is 0.856. The summed E-state index contributed by atoms with van der Waals surface area (Å²) in [5, 5.41) is 3.63. The molecular weight excluding hydrogens is 184 g/mol. The summed E-state index contributed by atoms with van der Waals surface area (Å²) in [7, 11) is 2.23. The van der Waals surface area contributed by atoms with Crippen molar-refractivity contribution in [2.75, 3.05) is 26.7 Å². The molecule has 88 valence electrons. The van der Waals surface area contributed by atoms with Crippen LogP contribution in [0.5, 0.6) is 0 Å². The zero-order valence-corrected chi connectivity index (χ0v) is 10.3. The summed E-state index contributed by atoms with van der Waals surface area (Å²) in [5.41, 5.74) is 0. The third kappa shape index (κ3) is 5.33. The zero-order valence-electron chi connectivity index (χ0n) is 10.3. The number of nitrogens with zero attached hydrogens (tertiary/aromatic N) is 1. The molecule has 0 aromatic heterocycles. The lowest BCUT2D eigenvalue weighted by atomic mass is 9.98. The van der Waals surface area contributed by atoms with E-state index in [1.807, 2.05) is 6.08 Å². The highest BCUT2D eigenvalue weighted by atomic mass is 15.1. The van der Waals surface area contributed by atoms with Crippen molar-refractivity contribution in [1.82, 2.24) is 10.2 Å². The lowest BCUT2D eigenvalue weighted by Gasteiger charge is -2.30. The summed E-state index contributed by atoms with van der Waals surface area (Å²) < 4.78 is 0. The molecule has 2 atom stereocenters. The van der Waals surface area contributed by atoms with E-state index >= 15 is 0 Å². The van der Waals surface area contributed by atoms with Crippen LogP contribution in [0.25, 0.3) is 0 Å². The first-order chi connectivity index (χ1) is 7.22. The van der Waals surface area contributed by atoms with Crippen LogP contribution in [0.3, 0.4) is 0 Å². The fraction of sp³-hybridized carbons (Fsp3) is 0.846. The van der Waals surface area contributed by atoms with Gasteiger partial charge < -0.3 is 10.2 Å². The molecule has 1 rings (SSSR count). The summed E-state index contributed by atoms with van der Waals surface area (Å²) in [6.07, 6.45) is 7.10. The van der Waals surface area contributed by atoms with Crippen LogP contribution >= 0.6 is 0 Å². The summed E-state index contributed by atoms with van der Waals surface area (Å²) in [4.78, 5) is 2.45. The van der Waals surface area contributed by atoms with Crippen LogP contribution < -0.4 is 5.32 Å². The van der Waals surface area contributed by atoms with Gasteiger partial charge in [-0.3, -0.25) is 0 Å².